The molecule has 2 aromatic heterocycles. The molecule has 1 aliphatic heterocycles. The van der Waals surface area contributed by atoms with Gasteiger partial charge in [0.25, 0.3) is 5.91 Å². The molecular formula is C25H33ClF3N5O4S. The second-order valence-electron chi connectivity index (χ2n) is 10.3. The molecule has 2 aromatic rings. The third-order valence-corrected chi connectivity index (χ3v) is 9.53. The van der Waals surface area contributed by atoms with E-state index in [1.807, 2.05) is 6.92 Å². The van der Waals surface area contributed by atoms with E-state index in [0.29, 0.717) is 61.6 Å². The number of sulfone groups is 1. The van der Waals surface area contributed by atoms with Crippen LogP contribution in [0.3, 0.4) is 0 Å². The van der Waals surface area contributed by atoms with Gasteiger partial charge in [0.1, 0.15) is 21.4 Å². The number of amides is 1. The van der Waals surface area contributed by atoms with E-state index in [0.717, 1.165) is 0 Å². The Morgan fingerprint density at radius 3 is 2.44 bits per heavy atom. The number of ether oxygens (including phenoxy) is 1. The van der Waals surface area contributed by atoms with Gasteiger partial charge in [0.15, 0.2) is 5.69 Å². The Morgan fingerprint density at radius 1 is 1.21 bits per heavy atom. The molecule has 0 unspecified atom stereocenters. The minimum Gasteiger partial charge on any atom is -0.496 e. The van der Waals surface area contributed by atoms with Crippen molar-refractivity contribution in [3.63, 3.8) is 0 Å². The number of halogens is 4. The number of nitrogens with one attached hydrogen (secondary N) is 1. The smallest absolute Gasteiger partial charge is 0.389 e. The SMILES string of the molecule is CCn1nc(C(=O)NCC2CCC(S(C)(=O)=O)CC2)c(Cl)c1-c1cnc(N2CC(CC(F)(F)F)C2)cc1OC. The van der Waals surface area contributed by atoms with Crippen LogP contribution in [-0.2, 0) is 16.4 Å². The zero-order chi connectivity index (χ0) is 28.5. The zero-order valence-electron chi connectivity index (χ0n) is 22.1. The van der Waals surface area contributed by atoms with Gasteiger partial charge in [0.2, 0.25) is 0 Å². The largest absolute Gasteiger partial charge is 0.496 e. The van der Waals surface area contributed by atoms with Crippen molar-refractivity contribution in [1.82, 2.24) is 20.1 Å². The van der Waals surface area contributed by atoms with E-state index in [2.05, 4.69) is 15.4 Å². The maximum atomic E-state index is 13.0. The van der Waals surface area contributed by atoms with Crippen LogP contribution in [0, 0.1) is 11.8 Å². The lowest BCUT2D eigenvalue weighted by Gasteiger charge is -2.40. The number of anilines is 1. The van der Waals surface area contributed by atoms with Crippen LogP contribution in [0.2, 0.25) is 5.02 Å². The van der Waals surface area contributed by atoms with E-state index >= 15 is 0 Å². The molecule has 0 bridgehead atoms. The van der Waals surface area contributed by atoms with E-state index in [1.54, 1.807) is 15.6 Å². The van der Waals surface area contributed by atoms with E-state index in [-0.39, 0.29) is 35.0 Å². The second-order valence-corrected chi connectivity index (χ2v) is 13.0. The van der Waals surface area contributed by atoms with Crippen molar-refractivity contribution in [2.75, 3.05) is 37.9 Å². The highest BCUT2D eigenvalue weighted by Gasteiger charge is 2.38. The van der Waals surface area contributed by atoms with Crippen LogP contribution in [0.4, 0.5) is 19.0 Å². The highest BCUT2D eigenvalue weighted by Crippen LogP contribution is 2.40. The molecule has 3 heterocycles. The Labute approximate surface area is 231 Å². The number of nitrogens with zero attached hydrogens (tertiary/aromatic N) is 4. The average molecular weight is 592 g/mol. The molecule has 9 nitrogen and oxygen atoms in total. The van der Waals surface area contributed by atoms with E-state index in [9.17, 15) is 26.4 Å². The molecule has 1 aliphatic carbocycles. The Balaban J connectivity index is 1.46. The lowest BCUT2D eigenvalue weighted by molar-refractivity contribution is -0.146. The fourth-order valence-electron chi connectivity index (χ4n) is 5.32. The minimum absolute atomic E-state index is 0.0576. The number of pyridine rings is 1. The maximum absolute atomic E-state index is 13.0. The molecule has 0 spiro atoms. The molecule has 0 aromatic carbocycles. The van der Waals surface area contributed by atoms with Crippen molar-refractivity contribution >= 4 is 33.2 Å². The molecule has 4 rings (SSSR count). The number of carbonyl (C=O) groups excluding carboxylic acids is 1. The fraction of sp³-hybridized carbons (Fsp3) is 0.640. The van der Waals surface area contributed by atoms with Crippen molar-refractivity contribution in [2.45, 2.75) is 57.0 Å². The molecule has 1 N–H and O–H groups in total. The highest BCUT2D eigenvalue weighted by atomic mass is 35.5. The number of methoxy groups -OCH3 is 1. The molecule has 0 atom stereocenters. The second kappa shape index (κ2) is 11.5. The third kappa shape index (κ3) is 6.79. The fourth-order valence-corrected chi connectivity index (χ4v) is 6.77. The summed E-state index contributed by atoms with van der Waals surface area (Å²) in [6.07, 6.45) is 0.366. The summed E-state index contributed by atoms with van der Waals surface area (Å²) in [6.45, 7) is 3.16. The molecule has 0 radical (unpaired) electrons. The van der Waals surface area contributed by atoms with Crippen LogP contribution in [0.25, 0.3) is 11.3 Å². The van der Waals surface area contributed by atoms with Gasteiger partial charge in [-0.25, -0.2) is 13.4 Å². The Hall–Kier alpha value is -2.54. The number of aromatic nitrogens is 3. The average Bonchev–Trinajstić information content (AvgIpc) is 3.19. The van der Waals surface area contributed by atoms with E-state index < -0.39 is 34.3 Å². The predicted molar refractivity (Wildman–Crippen MR) is 142 cm³/mol. The summed E-state index contributed by atoms with van der Waals surface area (Å²) in [4.78, 5) is 19.2. The van der Waals surface area contributed by atoms with Crippen LogP contribution in [0.15, 0.2) is 12.3 Å². The normalized spacial score (nSPS) is 20.5. The van der Waals surface area contributed by atoms with E-state index in [1.165, 1.54) is 19.6 Å². The first-order chi connectivity index (χ1) is 18.3. The van der Waals surface area contributed by atoms with Crippen LogP contribution < -0.4 is 15.0 Å². The van der Waals surface area contributed by atoms with Crippen molar-refractivity contribution in [3.05, 3.63) is 23.0 Å². The van der Waals surface area contributed by atoms with Crippen molar-refractivity contribution in [2.24, 2.45) is 11.8 Å². The van der Waals surface area contributed by atoms with Gasteiger partial charge in [-0.15, -0.1) is 0 Å². The maximum Gasteiger partial charge on any atom is 0.389 e. The Morgan fingerprint density at radius 2 is 1.87 bits per heavy atom. The lowest BCUT2D eigenvalue weighted by Crippen LogP contribution is -2.48. The lowest BCUT2D eigenvalue weighted by atomic mass is 9.89. The summed E-state index contributed by atoms with van der Waals surface area (Å²) in [5.74, 6) is 0.178. The van der Waals surface area contributed by atoms with Crippen molar-refractivity contribution in [1.29, 1.82) is 0 Å². The Kier molecular flexibility index (Phi) is 8.70. The summed E-state index contributed by atoms with van der Waals surface area (Å²) in [7, 11) is -1.59. The molecule has 1 saturated carbocycles. The Bertz CT molecular complexity index is 1300. The van der Waals surface area contributed by atoms with Crippen LogP contribution in [0.5, 0.6) is 5.75 Å². The quantitative estimate of drug-likeness (QED) is 0.462. The third-order valence-electron chi connectivity index (χ3n) is 7.49. The highest BCUT2D eigenvalue weighted by molar-refractivity contribution is 7.91. The summed E-state index contributed by atoms with van der Waals surface area (Å²) < 4.78 is 68.7. The monoisotopic (exact) mass is 591 g/mol. The van der Waals surface area contributed by atoms with Gasteiger partial charge in [0, 0.05) is 57.0 Å². The molecule has 1 amide bonds. The van der Waals surface area contributed by atoms with Gasteiger partial charge in [-0.05, 0) is 38.5 Å². The molecule has 14 heteroatoms. The van der Waals surface area contributed by atoms with Gasteiger partial charge in [-0.3, -0.25) is 9.48 Å². The van der Waals surface area contributed by atoms with Crippen LogP contribution in [0.1, 0.15) is 49.5 Å². The number of carbonyl (C=O) groups is 1. The number of hydrogen-bond donors (Lipinski definition) is 1. The van der Waals surface area contributed by atoms with Crippen LogP contribution >= 0.6 is 11.6 Å². The van der Waals surface area contributed by atoms with Gasteiger partial charge >= 0.3 is 6.18 Å². The van der Waals surface area contributed by atoms with Crippen LogP contribution in [-0.4, -0.2) is 73.5 Å². The first-order valence-electron chi connectivity index (χ1n) is 12.9. The molecule has 39 heavy (non-hydrogen) atoms. The molecule has 2 aliphatic rings. The zero-order valence-corrected chi connectivity index (χ0v) is 23.7. The van der Waals surface area contributed by atoms with Gasteiger partial charge in [-0.2, -0.15) is 18.3 Å². The van der Waals surface area contributed by atoms with Gasteiger partial charge in [0.05, 0.1) is 28.6 Å². The summed E-state index contributed by atoms with van der Waals surface area (Å²) in [6, 6.07) is 1.65. The molecular weight excluding hydrogens is 559 g/mol. The number of alkyl halides is 3. The summed E-state index contributed by atoms with van der Waals surface area (Å²) in [5, 5.41) is 7.11. The number of rotatable bonds is 9. The van der Waals surface area contributed by atoms with Gasteiger partial charge in [-0.1, -0.05) is 11.6 Å². The first kappa shape index (κ1) is 29.4. The van der Waals surface area contributed by atoms with Crippen molar-refractivity contribution in [3.8, 4) is 17.0 Å². The molecule has 1 saturated heterocycles. The summed E-state index contributed by atoms with van der Waals surface area (Å²) in [5.41, 5.74) is 1.01. The van der Waals surface area contributed by atoms with E-state index in [4.69, 9.17) is 16.3 Å². The number of aryl methyl sites for hydroxylation is 1. The number of hydrogen-bond acceptors (Lipinski definition) is 7. The molecule has 2 fully saturated rings. The minimum atomic E-state index is -4.19. The van der Waals surface area contributed by atoms with Gasteiger partial charge < -0.3 is 15.0 Å². The van der Waals surface area contributed by atoms with Crippen molar-refractivity contribution < 1.29 is 31.1 Å². The molecule has 216 valence electrons. The standard InChI is InChI=1S/C25H33ClF3N5O4S/c1-4-34-23(18-12-30-20(9-19(18)38-2)33-13-16(14-33)10-25(27,28)29)21(26)22(32-34)24(35)31-11-15-5-7-17(8-6-15)39(3,36)37/h9,12,15-17H,4-8,10-11,13-14H2,1-3H3,(H,31,35). The summed E-state index contributed by atoms with van der Waals surface area (Å²) >= 11 is 6.67. The first-order valence-corrected chi connectivity index (χ1v) is 15.2. The topological polar surface area (TPSA) is 106 Å². The predicted octanol–water partition coefficient (Wildman–Crippen LogP) is 4.35.